The number of aryl methyl sites for hydroxylation is 1. The molecule has 0 aromatic carbocycles. The Bertz CT molecular complexity index is 384. The number of hydrogen-bond acceptors (Lipinski definition) is 5. The fourth-order valence-electron chi connectivity index (χ4n) is 2.91. The van der Waals surface area contributed by atoms with Gasteiger partial charge in [0.1, 0.15) is 0 Å². The van der Waals surface area contributed by atoms with Crippen molar-refractivity contribution in [2.24, 2.45) is 0 Å². The highest BCUT2D eigenvalue weighted by molar-refractivity contribution is 7.99. The molecule has 2 saturated heterocycles. The molecule has 2 aliphatic rings. The first-order chi connectivity index (χ1) is 9.42. The number of rotatable bonds is 4. The van der Waals surface area contributed by atoms with Crippen molar-refractivity contribution in [1.82, 2.24) is 15.5 Å². The van der Waals surface area contributed by atoms with Crippen LogP contribution in [0.3, 0.4) is 0 Å². The molecule has 0 spiro atoms. The molecule has 0 bridgehead atoms. The minimum absolute atomic E-state index is 0.471. The third kappa shape index (κ3) is 3.72. The Labute approximate surface area is 119 Å². The summed E-state index contributed by atoms with van der Waals surface area (Å²) in [5, 5.41) is 8.21. The summed E-state index contributed by atoms with van der Waals surface area (Å²) < 4.78 is 5.41. The van der Waals surface area contributed by atoms with Crippen molar-refractivity contribution in [1.29, 1.82) is 0 Å². The average molecular weight is 281 g/mol. The lowest BCUT2D eigenvalue weighted by molar-refractivity contribution is 0.340. The highest BCUT2D eigenvalue weighted by Gasteiger charge is 2.22. The van der Waals surface area contributed by atoms with Crippen LogP contribution in [0.15, 0.2) is 4.52 Å². The zero-order valence-corrected chi connectivity index (χ0v) is 12.3. The lowest BCUT2D eigenvalue weighted by atomic mass is 10.0. The first-order valence-electron chi connectivity index (χ1n) is 7.59. The van der Waals surface area contributed by atoms with Crippen molar-refractivity contribution in [2.45, 2.75) is 62.7 Å². The third-order valence-corrected chi connectivity index (χ3v) is 5.44. The Balaban J connectivity index is 1.49. The van der Waals surface area contributed by atoms with Gasteiger partial charge in [-0.1, -0.05) is 18.0 Å². The largest absolute Gasteiger partial charge is 0.339 e. The number of aromatic nitrogens is 2. The molecule has 0 saturated carbocycles. The van der Waals surface area contributed by atoms with Gasteiger partial charge in [-0.25, -0.2) is 0 Å². The first kappa shape index (κ1) is 13.4. The quantitative estimate of drug-likeness (QED) is 0.919. The smallest absolute Gasteiger partial charge is 0.226 e. The molecule has 0 radical (unpaired) electrons. The second-order valence-corrected chi connectivity index (χ2v) is 6.90. The normalized spacial score (nSPS) is 28.4. The SMILES string of the molecule is C1CCC(CCc2nc(C3CCCCS3)no2)NC1. The third-order valence-electron chi connectivity index (χ3n) is 4.07. The van der Waals surface area contributed by atoms with E-state index < -0.39 is 0 Å². The van der Waals surface area contributed by atoms with Gasteiger partial charge in [-0.3, -0.25) is 0 Å². The summed E-state index contributed by atoms with van der Waals surface area (Å²) in [6.07, 6.45) is 9.84. The zero-order valence-electron chi connectivity index (χ0n) is 11.4. The van der Waals surface area contributed by atoms with Gasteiger partial charge in [0.05, 0.1) is 5.25 Å². The molecular weight excluding hydrogens is 258 g/mol. The molecule has 5 heteroatoms. The minimum atomic E-state index is 0.471. The Hall–Kier alpha value is -0.550. The molecule has 2 aliphatic heterocycles. The monoisotopic (exact) mass is 281 g/mol. The molecule has 3 rings (SSSR count). The summed E-state index contributed by atoms with van der Waals surface area (Å²) in [6.45, 7) is 1.17. The maximum absolute atomic E-state index is 5.41. The zero-order chi connectivity index (χ0) is 12.9. The predicted molar refractivity (Wildman–Crippen MR) is 77.3 cm³/mol. The van der Waals surface area contributed by atoms with Gasteiger partial charge in [0, 0.05) is 12.5 Å². The Morgan fingerprint density at radius 1 is 1.21 bits per heavy atom. The van der Waals surface area contributed by atoms with E-state index in [-0.39, 0.29) is 0 Å². The molecule has 106 valence electrons. The fraction of sp³-hybridized carbons (Fsp3) is 0.857. The van der Waals surface area contributed by atoms with Gasteiger partial charge in [0.25, 0.3) is 0 Å². The first-order valence-corrected chi connectivity index (χ1v) is 8.64. The molecule has 0 amide bonds. The van der Waals surface area contributed by atoms with Crippen LogP contribution in [0.1, 0.15) is 61.9 Å². The van der Waals surface area contributed by atoms with E-state index in [1.807, 2.05) is 11.8 Å². The van der Waals surface area contributed by atoms with Crippen molar-refractivity contribution in [3.05, 3.63) is 11.7 Å². The van der Waals surface area contributed by atoms with Gasteiger partial charge in [0.15, 0.2) is 5.82 Å². The number of nitrogens with one attached hydrogen (secondary N) is 1. The number of piperidine rings is 1. The van der Waals surface area contributed by atoms with Gasteiger partial charge >= 0.3 is 0 Å². The second kappa shape index (κ2) is 6.75. The van der Waals surface area contributed by atoms with Crippen LogP contribution in [0.4, 0.5) is 0 Å². The molecule has 2 unspecified atom stereocenters. The summed E-state index contributed by atoms with van der Waals surface area (Å²) in [4.78, 5) is 4.59. The maximum Gasteiger partial charge on any atom is 0.226 e. The second-order valence-electron chi connectivity index (χ2n) is 5.59. The summed E-state index contributed by atoms with van der Waals surface area (Å²) in [6, 6.07) is 0.646. The van der Waals surface area contributed by atoms with E-state index in [2.05, 4.69) is 15.5 Å². The summed E-state index contributed by atoms with van der Waals surface area (Å²) in [5.74, 6) is 2.99. The predicted octanol–water partition coefficient (Wildman–Crippen LogP) is 3.10. The Kier molecular flexibility index (Phi) is 4.77. The molecular formula is C14H23N3OS. The number of hydrogen-bond donors (Lipinski definition) is 1. The van der Waals surface area contributed by atoms with Crippen molar-refractivity contribution in [3.8, 4) is 0 Å². The van der Waals surface area contributed by atoms with Gasteiger partial charge in [0.2, 0.25) is 5.89 Å². The van der Waals surface area contributed by atoms with Crippen LogP contribution >= 0.6 is 11.8 Å². The van der Waals surface area contributed by atoms with E-state index in [0.717, 1.165) is 24.6 Å². The van der Waals surface area contributed by atoms with Crippen molar-refractivity contribution < 1.29 is 4.52 Å². The Morgan fingerprint density at radius 3 is 2.95 bits per heavy atom. The highest BCUT2D eigenvalue weighted by atomic mass is 32.2. The maximum atomic E-state index is 5.41. The highest BCUT2D eigenvalue weighted by Crippen LogP contribution is 2.36. The van der Waals surface area contributed by atoms with E-state index in [1.165, 1.54) is 50.8 Å². The molecule has 0 aliphatic carbocycles. The van der Waals surface area contributed by atoms with E-state index in [1.54, 1.807) is 0 Å². The van der Waals surface area contributed by atoms with Crippen molar-refractivity contribution in [2.75, 3.05) is 12.3 Å². The molecule has 1 aromatic heterocycles. The minimum Gasteiger partial charge on any atom is -0.339 e. The molecule has 2 fully saturated rings. The summed E-state index contributed by atoms with van der Waals surface area (Å²) in [5.41, 5.74) is 0. The van der Waals surface area contributed by atoms with Crippen LogP contribution in [0.2, 0.25) is 0 Å². The molecule has 1 aromatic rings. The lowest BCUT2D eigenvalue weighted by Gasteiger charge is -2.22. The van der Waals surface area contributed by atoms with Crippen LogP contribution in [0, 0.1) is 0 Å². The van der Waals surface area contributed by atoms with E-state index >= 15 is 0 Å². The van der Waals surface area contributed by atoms with E-state index in [9.17, 15) is 0 Å². The molecule has 1 N–H and O–H groups in total. The van der Waals surface area contributed by atoms with Gasteiger partial charge in [-0.15, -0.1) is 0 Å². The molecule has 2 atom stereocenters. The van der Waals surface area contributed by atoms with Gasteiger partial charge < -0.3 is 9.84 Å². The van der Waals surface area contributed by atoms with E-state index in [4.69, 9.17) is 4.52 Å². The van der Waals surface area contributed by atoms with Crippen LogP contribution in [0.25, 0.3) is 0 Å². The number of thioether (sulfide) groups is 1. The standard InChI is InChI=1S/C14H23N3OS/c1-3-9-15-11(5-1)7-8-13-16-14(17-18-13)12-6-2-4-10-19-12/h11-12,15H,1-10H2. The van der Waals surface area contributed by atoms with Crippen LogP contribution in [-0.4, -0.2) is 28.5 Å². The Morgan fingerprint density at radius 2 is 2.16 bits per heavy atom. The molecule has 3 heterocycles. The lowest BCUT2D eigenvalue weighted by Crippen LogP contribution is -2.34. The summed E-state index contributed by atoms with van der Waals surface area (Å²) in [7, 11) is 0. The van der Waals surface area contributed by atoms with Gasteiger partial charge in [-0.05, 0) is 44.4 Å². The summed E-state index contributed by atoms with van der Waals surface area (Å²) >= 11 is 1.98. The van der Waals surface area contributed by atoms with Gasteiger partial charge in [-0.2, -0.15) is 16.7 Å². The van der Waals surface area contributed by atoms with Crippen LogP contribution in [0.5, 0.6) is 0 Å². The van der Waals surface area contributed by atoms with Crippen molar-refractivity contribution >= 4 is 11.8 Å². The van der Waals surface area contributed by atoms with Crippen molar-refractivity contribution in [3.63, 3.8) is 0 Å². The van der Waals surface area contributed by atoms with Crippen LogP contribution in [-0.2, 0) is 6.42 Å². The molecule has 4 nitrogen and oxygen atoms in total. The average Bonchev–Trinajstić information content (AvgIpc) is 2.96. The molecule has 19 heavy (non-hydrogen) atoms. The fourth-order valence-corrected chi connectivity index (χ4v) is 4.15. The number of nitrogens with zero attached hydrogens (tertiary/aromatic N) is 2. The topological polar surface area (TPSA) is 51.0 Å². The van der Waals surface area contributed by atoms with Crippen LogP contribution < -0.4 is 5.32 Å². The van der Waals surface area contributed by atoms with E-state index in [0.29, 0.717) is 11.3 Å².